The Bertz CT molecular complexity index is 730. The molecule has 4 aliphatic rings. The van der Waals surface area contributed by atoms with Gasteiger partial charge in [0.05, 0.1) is 18.3 Å². The molecule has 12 atom stereocenters. The van der Waals surface area contributed by atoms with E-state index in [1.54, 1.807) is 0 Å². The first-order valence-electron chi connectivity index (χ1n) is 14.2. The van der Waals surface area contributed by atoms with Crippen LogP contribution < -0.4 is 0 Å². The van der Waals surface area contributed by atoms with Crippen molar-refractivity contribution in [2.75, 3.05) is 0 Å². The topological polar surface area (TPSA) is 60.7 Å². The van der Waals surface area contributed by atoms with Gasteiger partial charge in [-0.05, 0) is 97.2 Å². The molecule has 3 heteroatoms. The predicted molar refractivity (Wildman–Crippen MR) is 136 cm³/mol. The average molecular weight is 461 g/mol. The standard InChI is InChI=1S/C30H52O3/c1-8-20(17(2)3)15-26(32)18(4)21-9-10-22-28-23(11-13-29(21,22)6)30(7)14-12-25(31)19(5)24(30)16-27(28)33/h16-23,25-28,31-33H,8-15H2,1-7H3/t18-,19+,20+,21+,22-,23-,25-,26+,27+,28-,29+,30+/m0/s1. The molecule has 0 radical (unpaired) electrons. The zero-order valence-corrected chi connectivity index (χ0v) is 22.4. The van der Waals surface area contributed by atoms with Crippen LogP contribution in [0.2, 0.25) is 0 Å². The minimum atomic E-state index is -0.389. The SMILES string of the molecule is CC[C@H](C[C@@H](O)[C@@H](C)[C@H]1CC[C@H]2[C@@H]3[C@H](O)C=C4[C@@H](C)[C@@H](O)CC[C@]4(C)[C@H]3CC[C@]12C)C(C)C. The molecule has 190 valence electrons. The highest BCUT2D eigenvalue weighted by Crippen LogP contribution is 2.67. The van der Waals surface area contributed by atoms with Crippen molar-refractivity contribution in [2.24, 2.45) is 58.2 Å². The van der Waals surface area contributed by atoms with E-state index in [0.717, 1.165) is 25.7 Å². The van der Waals surface area contributed by atoms with Crippen LogP contribution in [0.15, 0.2) is 11.6 Å². The zero-order chi connectivity index (χ0) is 24.3. The van der Waals surface area contributed by atoms with Crippen LogP contribution in [0, 0.1) is 58.2 Å². The van der Waals surface area contributed by atoms with Crippen LogP contribution in [-0.4, -0.2) is 33.6 Å². The van der Waals surface area contributed by atoms with Gasteiger partial charge >= 0.3 is 0 Å². The largest absolute Gasteiger partial charge is 0.393 e. The highest BCUT2D eigenvalue weighted by molar-refractivity contribution is 5.29. The van der Waals surface area contributed by atoms with Gasteiger partial charge in [0, 0.05) is 5.92 Å². The summed E-state index contributed by atoms with van der Waals surface area (Å²) in [7, 11) is 0. The van der Waals surface area contributed by atoms with Crippen molar-refractivity contribution in [2.45, 2.75) is 118 Å². The third kappa shape index (κ3) is 4.06. The molecule has 4 aliphatic carbocycles. The molecule has 3 N–H and O–H groups in total. The van der Waals surface area contributed by atoms with Gasteiger partial charge in [0.2, 0.25) is 0 Å². The maximum atomic E-state index is 11.5. The molecule has 3 fully saturated rings. The highest BCUT2D eigenvalue weighted by Gasteiger charge is 2.62. The monoisotopic (exact) mass is 460 g/mol. The Hall–Kier alpha value is -0.380. The van der Waals surface area contributed by atoms with E-state index in [-0.39, 0.29) is 35.1 Å². The summed E-state index contributed by atoms with van der Waals surface area (Å²) < 4.78 is 0. The van der Waals surface area contributed by atoms with Crippen LogP contribution in [0.4, 0.5) is 0 Å². The lowest BCUT2D eigenvalue weighted by atomic mass is 9.45. The molecular weight excluding hydrogens is 408 g/mol. The Morgan fingerprint density at radius 3 is 2.33 bits per heavy atom. The van der Waals surface area contributed by atoms with E-state index < -0.39 is 0 Å². The first-order valence-corrected chi connectivity index (χ1v) is 14.2. The fourth-order valence-corrected chi connectivity index (χ4v) is 9.63. The second-order valence-corrected chi connectivity index (χ2v) is 13.5. The summed E-state index contributed by atoms with van der Waals surface area (Å²) in [5.41, 5.74) is 1.67. The van der Waals surface area contributed by atoms with Crippen molar-refractivity contribution in [1.29, 1.82) is 0 Å². The minimum Gasteiger partial charge on any atom is -0.393 e. The van der Waals surface area contributed by atoms with Crippen LogP contribution in [0.25, 0.3) is 0 Å². The number of rotatable bonds is 6. The lowest BCUT2D eigenvalue weighted by Gasteiger charge is -2.60. The molecule has 33 heavy (non-hydrogen) atoms. The molecule has 0 amide bonds. The summed E-state index contributed by atoms with van der Waals surface area (Å²) >= 11 is 0. The van der Waals surface area contributed by atoms with Crippen LogP contribution in [0.5, 0.6) is 0 Å². The molecule has 0 aromatic rings. The summed E-state index contributed by atoms with van der Waals surface area (Å²) in [6.45, 7) is 16.2. The van der Waals surface area contributed by atoms with E-state index in [1.807, 2.05) is 0 Å². The molecule has 0 spiro atoms. The lowest BCUT2D eigenvalue weighted by molar-refractivity contribution is -0.108. The number of hydrogen-bond donors (Lipinski definition) is 3. The fourth-order valence-electron chi connectivity index (χ4n) is 9.63. The van der Waals surface area contributed by atoms with Gasteiger partial charge < -0.3 is 15.3 Å². The molecule has 0 aromatic heterocycles. The number of fused-ring (bicyclic) bond motifs is 5. The molecule has 0 unspecified atom stereocenters. The van der Waals surface area contributed by atoms with Gasteiger partial charge in [0.25, 0.3) is 0 Å². The zero-order valence-electron chi connectivity index (χ0n) is 22.4. The fraction of sp³-hybridized carbons (Fsp3) is 0.933. The Balaban J connectivity index is 1.57. The molecular formula is C30H52O3. The molecule has 0 saturated heterocycles. The van der Waals surface area contributed by atoms with Gasteiger partial charge in [0.15, 0.2) is 0 Å². The van der Waals surface area contributed by atoms with E-state index in [1.165, 1.54) is 31.3 Å². The first kappa shape index (κ1) is 25.7. The summed E-state index contributed by atoms with van der Waals surface area (Å²) in [4.78, 5) is 0. The van der Waals surface area contributed by atoms with Crippen molar-refractivity contribution in [3.8, 4) is 0 Å². The summed E-state index contributed by atoms with van der Waals surface area (Å²) in [6, 6.07) is 0. The van der Waals surface area contributed by atoms with E-state index in [4.69, 9.17) is 0 Å². The number of aliphatic hydroxyl groups excluding tert-OH is 3. The van der Waals surface area contributed by atoms with Crippen LogP contribution in [-0.2, 0) is 0 Å². The Morgan fingerprint density at radius 1 is 1.00 bits per heavy atom. The second-order valence-electron chi connectivity index (χ2n) is 13.5. The van der Waals surface area contributed by atoms with E-state index in [2.05, 4.69) is 54.5 Å². The van der Waals surface area contributed by atoms with E-state index >= 15 is 0 Å². The maximum Gasteiger partial charge on any atom is 0.0757 e. The third-order valence-corrected chi connectivity index (χ3v) is 11.9. The maximum absolute atomic E-state index is 11.5. The second kappa shape index (κ2) is 9.25. The summed E-state index contributed by atoms with van der Waals surface area (Å²) in [6.07, 6.45) is 10.1. The summed E-state index contributed by atoms with van der Waals surface area (Å²) in [5, 5.41) is 33.3. The van der Waals surface area contributed by atoms with Gasteiger partial charge in [-0.25, -0.2) is 0 Å². The lowest BCUT2D eigenvalue weighted by Crippen LogP contribution is -2.56. The molecule has 0 aliphatic heterocycles. The van der Waals surface area contributed by atoms with Crippen molar-refractivity contribution in [3.05, 3.63) is 11.6 Å². The van der Waals surface area contributed by atoms with Crippen LogP contribution in [0.3, 0.4) is 0 Å². The molecule has 4 rings (SSSR count). The smallest absolute Gasteiger partial charge is 0.0757 e. The van der Waals surface area contributed by atoms with Gasteiger partial charge in [0.1, 0.15) is 0 Å². The quantitative estimate of drug-likeness (QED) is 0.413. The Kier molecular flexibility index (Phi) is 7.20. The average Bonchev–Trinajstić information content (AvgIpc) is 3.12. The van der Waals surface area contributed by atoms with E-state index in [0.29, 0.717) is 41.4 Å². The van der Waals surface area contributed by atoms with Gasteiger partial charge in [-0.3, -0.25) is 0 Å². The molecule has 0 aromatic carbocycles. The summed E-state index contributed by atoms with van der Waals surface area (Å²) in [5.74, 6) is 3.61. The van der Waals surface area contributed by atoms with Crippen molar-refractivity contribution in [1.82, 2.24) is 0 Å². The van der Waals surface area contributed by atoms with Crippen molar-refractivity contribution < 1.29 is 15.3 Å². The van der Waals surface area contributed by atoms with Gasteiger partial charge in [-0.15, -0.1) is 0 Å². The minimum absolute atomic E-state index is 0.124. The van der Waals surface area contributed by atoms with Crippen molar-refractivity contribution >= 4 is 0 Å². The van der Waals surface area contributed by atoms with Crippen molar-refractivity contribution in [3.63, 3.8) is 0 Å². The molecule has 0 heterocycles. The molecule has 3 nitrogen and oxygen atoms in total. The first-order chi connectivity index (χ1) is 15.5. The van der Waals surface area contributed by atoms with E-state index in [9.17, 15) is 15.3 Å². The highest BCUT2D eigenvalue weighted by atomic mass is 16.3. The van der Waals surface area contributed by atoms with Gasteiger partial charge in [-0.1, -0.05) is 66.5 Å². The number of hydrogen-bond acceptors (Lipinski definition) is 3. The van der Waals surface area contributed by atoms with Gasteiger partial charge in [-0.2, -0.15) is 0 Å². The number of aliphatic hydroxyl groups is 3. The van der Waals surface area contributed by atoms with Crippen LogP contribution >= 0.6 is 0 Å². The predicted octanol–water partition coefficient (Wildman–Crippen LogP) is 6.21. The normalized spacial score (nSPS) is 47.8. The third-order valence-electron chi connectivity index (χ3n) is 11.9. The Labute approximate surface area is 203 Å². The molecule has 3 saturated carbocycles. The van der Waals surface area contributed by atoms with Crippen LogP contribution in [0.1, 0.15) is 99.8 Å². The molecule has 0 bridgehead atoms. The Morgan fingerprint density at radius 2 is 1.70 bits per heavy atom.